The van der Waals surface area contributed by atoms with E-state index in [1.54, 1.807) is 6.07 Å². The highest BCUT2D eigenvalue weighted by Gasteiger charge is 2.16. The molecule has 1 saturated carbocycles. The van der Waals surface area contributed by atoms with E-state index < -0.39 is 4.92 Å². The monoisotopic (exact) mass is 290 g/mol. The average molecular weight is 290 g/mol. The van der Waals surface area contributed by atoms with Gasteiger partial charge in [-0.05, 0) is 18.9 Å². The van der Waals surface area contributed by atoms with Gasteiger partial charge in [-0.3, -0.25) is 10.1 Å². The highest BCUT2D eigenvalue weighted by Crippen LogP contribution is 2.20. The molecule has 7 nitrogen and oxygen atoms in total. The second-order valence-corrected chi connectivity index (χ2v) is 4.99. The fourth-order valence-electron chi connectivity index (χ4n) is 2.42. The summed E-state index contributed by atoms with van der Waals surface area (Å²) in [5.41, 5.74) is -0.459. The summed E-state index contributed by atoms with van der Waals surface area (Å²) in [7, 11) is 0. The molecule has 112 valence electrons. The van der Waals surface area contributed by atoms with E-state index in [4.69, 9.17) is 10.00 Å². The first-order valence-corrected chi connectivity index (χ1v) is 7.11. The maximum absolute atomic E-state index is 10.7. The summed E-state index contributed by atoms with van der Waals surface area (Å²) in [5, 5.41) is 22.6. The van der Waals surface area contributed by atoms with Gasteiger partial charge in [0.15, 0.2) is 0 Å². The van der Waals surface area contributed by atoms with Crippen LogP contribution in [0, 0.1) is 21.4 Å². The largest absolute Gasteiger partial charge is 0.376 e. The summed E-state index contributed by atoms with van der Waals surface area (Å²) < 4.78 is 5.76. The number of ether oxygens (including phenoxy) is 1. The molecule has 21 heavy (non-hydrogen) atoms. The number of nitrogens with one attached hydrogen (secondary N) is 1. The number of aromatic nitrogens is 1. The Labute approximate surface area is 123 Å². The van der Waals surface area contributed by atoms with Crippen molar-refractivity contribution in [1.82, 2.24) is 4.98 Å². The quantitative estimate of drug-likeness (QED) is 0.491. The maximum atomic E-state index is 10.7. The number of hydrogen-bond donors (Lipinski definition) is 1. The minimum atomic E-state index is -0.610. The van der Waals surface area contributed by atoms with E-state index >= 15 is 0 Å². The summed E-state index contributed by atoms with van der Waals surface area (Å²) >= 11 is 0. The lowest BCUT2D eigenvalue weighted by atomic mass is 9.98. The molecule has 0 radical (unpaired) electrons. The first kappa shape index (κ1) is 15.2. The number of pyridine rings is 1. The van der Waals surface area contributed by atoms with Crippen LogP contribution in [-0.2, 0) is 4.74 Å². The second kappa shape index (κ2) is 7.55. The molecule has 7 heteroatoms. The Bertz CT molecular complexity index is 536. The van der Waals surface area contributed by atoms with Crippen molar-refractivity contribution in [1.29, 1.82) is 5.26 Å². The summed E-state index contributed by atoms with van der Waals surface area (Å²) in [6.45, 7) is 1.12. The fraction of sp³-hybridized carbons (Fsp3) is 0.571. The van der Waals surface area contributed by atoms with Crippen LogP contribution in [0.15, 0.2) is 12.1 Å². The number of nitro groups is 1. The Morgan fingerprint density at radius 1 is 1.43 bits per heavy atom. The molecule has 1 heterocycles. The molecular weight excluding hydrogens is 272 g/mol. The molecule has 0 saturated heterocycles. The van der Waals surface area contributed by atoms with Gasteiger partial charge in [0.2, 0.25) is 5.69 Å². The molecule has 1 aromatic rings. The molecule has 1 fully saturated rings. The van der Waals surface area contributed by atoms with Crippen LogP contribution in [0.4, 0.5) is 11.5 Å². The Morgan fingerprint density at radius 3 is 2.86 bits per heavy atom. The molecule has 1 aliphatic carbocycles. The zero-order valence-electron chi connectivity index (χ0n) is 11.7. The highest BCUT2D eigenvalue weighted by molar-refractivity contribution is 5.50. The van der Waals surface area contributed by atoms with Crippen molar-refractivity contribution in [2.45, 2.75) is 38.2 Å². The average Bonchev–Trinajstić information content (AvgIpc) is 2.52. The molecule has 0 atom stereocenters. The SMILES string of the molecule is N#Cc1nc(NCCOC2CCCCC2)ccc1[N+](=O)[O-]. The number of nitriles is 1. The maximum Gasteiger partial charge on any atom is 0.305 e. The molecular formula is C14H18N4O3. The summed E-state index contributed by atoms with van der Waals surface area (Å²) in [6.07, 6.45) is 6.34. The second-order valence-electron chi connectivity index (χ2n) is 4.99. The van der Waals surface area contributed by atoms with Gasteiger partial charge in [-0.25, -0.2) is 4.98 Å². The van der Waals surface area contributed by atoms with Gasteiger partial charge in [-0.15, -0.1) is 0 Å². The van der Waals surface area contributed by atoms with Crippen LogP contribution >= 0.6 is 0 Å². The third-order valence-electron chi connectivity index (χ3n) is 3.49. The fourth-order valence-corrected chi connectivity index (χ4v) is 2.42. The topological polar surface area (TPSA) is 101 Å². The van der Waals surface area contributed by atoms with E-state index in [1.807, 2.05) is 0 Å². The van der Waals surface area contributed by atoms with Gasteiger partial charge in [0.25, 0.3) is 0 Å². The van der Waals surface area contributed by atoms with Crippen molar-refractivity contribution < 1.29 is 9.66 Å². The van der Waals surface area contributed by atoms with Crippen LogP contribution in [0.5, 0.6) is 0 Å². The number of hydrogen-bond acceptors (Lipinski definition) is 6. The third-order valence-corrected chi connectivity index (χ3v) is 3.49. The van der Waals surface area contributed by atoms with E-state index in [9.17, 15) is 10.1 Å². The van der Waals surface area contributed by atoms with Crippen molar-refractivity contribution in [2.75, 3.05) is 18.5 Å². The van der Waals surface area contributed by atoms with Gasteiger partial charge in [-0.1, -0.05) is 19.3 Å². The Balaban J connectivity index is 1.80. The minimum absolute atomic E-state index is 0.182. The standard InChI is InChI=1S/C14H18N4O3/c15-10-12-13(18(19)20)6-7-14(17-12)16-8-9-21-11-4-2-1-3-5-11/h6-7,11H,1-5,8-9H2,(H,16,17). The summed E-state index contributed by atoms with van der Waals surface area (Å²) in [6, 6.07) is 4.52. The van der Waals surface area contributed by atoms with E-state index in [0.29, 0.717) is 25.1 Å². The molecule has 0 unspecified atom stereocenters. The van der Waals surface area contributed by atoms with Gasteiger partial charge >= 0.3 is 5.69 Å². The van der Waals surface area contributed by atoms with Crippen LogP contribution in [0.3, 0.4) is 0 Å². The van der Waals surface area contributed by atoms with Crippen molar-refractivity contribution >= 4 is 11.5 Å². The Kier molecular flexibility index (Phi) is 5.46. The molecule has 0 bridgehead atoms. The van der Waals surface area contributed by atoms with E-state index in [1.165, 1.54) is 31.4 Å². The van der Waals surface area contributed by atoms with Gasteiger partial charge in [-0.2, -0.15) is 5.26 Å². The van der Waals surface area contributed by atoms with Crippen LogP contribution in [-0.4, -0.2) is 29.2 Å². The van der Waals surface area contributed by atoms with Gasteiger partial charge in [0, 0.05) is 12.6 Å². The van der Waals surface area contributed by atoms with Crippen molar-refractivity contribution in [3.63, 3.8) is 0 Å². The van der Waals surface area contributed by atoms with Crippen molar-refractivity contribution in [2.24, 2.45) is 0 Å². The first-order chi connectivity index (χ1) is 10.2. The smallest absolute Gasteiger partial charge is 0.305 e. The predicted octanol–water partition coefficient (Wildman–Crippen LogP) is 2.62. The predicted molar refractivity (Wildman–Crippen MR) is 76.9 cm³/mol. The van der Waals surface area contributed by atoms with Gasteiger partial charge in [0.05, 0.1) is 17.6 Å². The van der Waals surface area contributed by atoms with Crippen LogP contribution in [0.2, 0.25) is 0 Å². The van der Waals surface area contributed by atoms with Gasteiger partial charge < -0.3 is 10.1 Å². The number of rotatable bonds is 6. The zero-order valence-corrected chi connectivity index (χ0v) is 11.7. The molecule has 0 aliphatic heterocycles. The zero-order chi connectivity index (χ0) is 15.1. The summed E-state index contributed by atoms with van der Waals surface area (Å²) in [5.74, 6) is 0.449. The lowest BCUT2D eigenvalue weighted by molar-refractivity contribution is -0.385. The first-order valence-electron chi connectivity index (χ1n) is 7.11. The number of nitrogens with zero attached hydrogens (tertiary/aromatic N) is 3. The molecule has 2 rings (SSSR count). The molecule has 1 aliphatic rings. The number of anilines is 1. The summed E-state index contributed by atoms with van der Waals surface area (Å²) in [4.78, 5) is 14.0. The molecule has 1 N–H and O–H groups in total. The van der Waals surface area contributed by atoms with E-state index in [0.717, 1.165) is 12.8 Å². The van der Waals surface area contributed by atoms with Crippen molar-refractivity contribution in [3.8, 4) is 6.07 Å². The minimum Gasteiger partial charge on any atom is -0.376 e. The molecule has 0 aromatic carbocycles. The van der Waals surface area contributed by atoms with Crippen LogP contribution in [0.1, 0.15) is 37.8 Å². The molecule has 1 aromatic heterocycles. The lowest BCUT2D eigenvalue weighted by Crippen LogP contribution is -2.20. The van der Waals surface area contributed by atoms with E-state index in [-0.39, 0.29) is 11.4 Å². The van der Waals surface area contributed by atoms with Crippen LogP contribution < -0.4 is 5.32 Å². The molecule has 0 spiro atoms. The van der Waals surface area contributed by atoms with E-state index in [2.05, 4.69) is 10.3 Å². The normalized spacial score (nSPS) is 15.4. The van der Waals surface area contributed by atoms with Crippen molar-refractivity contribution in [3.05, 3.63) is 27.9 Å². The lowest BCUT2D eigenvalue weighted by Gasteiger charge is -2.22. The third kappa shape index (κ3) is 4.39. The van der Waals surface area contributed by atoms with Gasteiger partial charge in [0.1, 0.15) is 11.9 Å². The highest BCUT2D eigenvalue weighted by atomic mass is 16.6. The Morgan fingerprint density at radius 2 is 2.19 bits per heavy atom. The Hall–Kier alpha value is -2.20. The van der Waals surface area contributed by atoms with Crippen LogP contribution in [0.25, 0.3) is 0 Å². The molecule has 0 amide bonds.